The highest BCUT2D eigenvalue weighted by atomic mass is 16.6. The maximum absolute atomic E-state index is 11.6. The first-order valence-corrected chi connectivity index (χ1v) is 8.97. The Morgan fingerprint density at radius 3 is 2.69 bits per heavy atom. The van der Waals surface area contributed by atoms with Crippen molar-refractivity contribution in [2.45, 2.75) is 46.3 Å². The van der Waals surface area contributed by atoms with E-state index < -0.39 is 5.60 Å². The number of aromatic nitrogens is 1. The molecule has 1 aromatic heterocycles. The van der Waals surface area contributed by atoms with Gasteiger partial charge in [-0.3, -0.25) is 4.98 Å². The molecule has 26 heavy (non-hydrogen) atoms. The molecule has 1 unspecified atom stereocenters. The smallest absolute Gasteiger partial charge is 0.407 e. The Kier molecular flexibility index (Phi) is 6.75. The van der Waals surface area contributed by atoms with Crippen LogP contribution < -0.4 is 10.6 Å². The number of aryl methyl sites for hydroxylation is 1. The minimum Gasteiger partial charge on any atom is -0.444 e. The van der Waals surface area contributed by atoms with Crippen LogP contribution in [0.2, 0.25) is 0 Å². The van der Waals surface area contributed by atoms with E-state index in [0.717, 1.165) is 5.56 Å². The number of hydrogen-bond donors (Lipinski definition) is 2. The Bertz CT molecular complexity index is 738. The SMILES string of the molecule is Cc1cnccc1-c1cccc(C(C)NCCNC(=O)OC(C)(C)C)c1. The molecule has 1 amide bonds. The molecule has 0 aliphatic rings. The second-order valence-electron chi connectivity index (χ2n) is 7.42. The Morgan fingerprint density at radius 2 is 2.00 bits per heavy atom. The molecule has 2 aromatic rings. The molecule has 0 aliphatic carbocycles. The number of rotatable bonds is 6. The van der Waals surface area contributed by atoms with E-state index in [9.17, 15) is 4.79 Å². The van der Waals surface area contributed by atoms with Gasteiger partial charge >= 0.3 is 6.09 Å². The van der Waals surface area contributed by atoms with Crippen LogP contribution in [0.25, 0.3) is 11.1 Å². The maximum Gasteiger partial charge on any atom is 0.407 e. The molecule has 1 heterocycles. The van der Waals surface area contributed by atoms with Crippen molar-refractivity contribution in [2.75, 3.05) is 13.1 Å². The number of benzene rings is 1. The molecule has 140 valence electrons. The van der Waals surface area contributed by atoms with Gasteiger partial charge in [-0.25, -0.2) is 4.79 Å². The van der Waals surface area contributed by atoms with Crippen molar-refractivity contribution in [2.24, 2.45) is 0 Å². The van der Waals surface area contributed by atoms with Crippen molar-refractivity contribution in [1.29, 1.82) is 0 Å². The van der Waals surface area contributed by atoms with Gasteiger partial charge in [0.25, 0.3) is 0 Å². The minimum absolute atomic E-state index is 0.178. The lowest BCUT2D eigenvalue weighted by Crippen LogP contribution is -2.36. The predicted molar refractivity (Wildman–Crippen MR) is 105 cm³/mol. The van der Waals surface area contributed by atoms with E-state index in [1.807, 2.05) is 39.2 Å². The average Bonchev–Trinajstić information content (AvgIpc) is 2.57. The van der Waals surface area contributed by atoms with Gasteiger partial charge < -0.3 is 15.4 Å². The normalized spacial score (nSPS) is 12.5. The second kappa shape index (κ2) is 8.81. The van der Waals surface area contributed by atoms with Gasteiger partial charge in [-0.05, 0) is 69.0 Å². The number of pyridine rings is 1. The van der Waals surface area contributed by atoms with Gasteiger partial charge in [0.2, 0.25) is 0 Å². The largest absolute Gasteiger partial charge is 0.444 e. The van der Waals surface area contributed by atoms with Crippen LogP contribution in [0.15, 0.2) is 42.7 Å². The van der Waals surface area contributed by atoms with Crippen molar-refractivity contribution in [3.8, 4) is 11.1 Å². The van der Waals surface area contributed by atoms with E-state index in [2.05, 4.69) is 53.7 Å². The summed E-state index contributed by atoms with van der Waals surface area (Å²) in [4.78, 5) is 15.8. The van der Waals surface area contributed by atoms with Gasteiger partial charge in [-0.1, -0.05) is 18.2 Å². The molecular formula is C21H29N3O2. The minimum atomic E-state index is -0.476. The molecule has 1 aromatic carbocycles. The summed E-state index contributed by atoms with van der Waals surface area (Å²) in [6.07, 6.45) is 3.31. The van der Waals surface area contributed by atoms with Crippen molar-refractivity contribution >= 4 is 6.09 Å². The summed E-state index contributed by atoms with van der Waals surface area (Å²) < 4.78 is 5.22. The van der Waals surface area contributed by atoms with E-state index in [1.165, 1.54) is 16.7 Å². The van der Waals surface area contributed by atoms with Crippen LogP contribution in [0.4, 0.5) is 4.79 Å². The molecule has 2 rings (SSSR count). The zero-order valence-corrected chi connectivity index (χ0v) is 16.3. The van der Waals surface area contributed by atoms with Crippen LogP contribution in [-0.2, 0) is 4.74 Å². The van der Waals surface area contributed by atoms with E-state index in [0.29, 0.717) is 13.1 Å². The summed E-state index contributed by atoms with van der Waals surface area (Å²) >= 11 is 0. The molecule has 0 bridgehead atoms. The molecule has 2 N–H and O–H groups in total. The molecule has 0 spiro atoms. The Balaban J connectivity index is 1.88. The van der Waals surface area contributed by atoms with Crippen LogP contribution in [-0.4, -0.2) is 29.8 Å². The molecule has 0 aliphatic heterocycles. The summed E-state index contributed by atoms with van der Waals surface area (Å²) in [7, 11) is 0. The monoisotopic (exact) mass is 355 g/mol. The number of nitrogens with zero attached hydrogens (tertiary/aromatic N) is 1. The zero-order valence-electron chi connectivity index (χ0n) is 16.3. The third-order valence-corrected chi connectivity index (χ3v) is 3.96. The van der Waals surface area contributed by atoms with Crippen LogP contribution in [0.3, 0.4) is 0 Å². The highest BCUT2D eigenvalue weighted by Crippen LogP contribution is 2.25. The highest BCUT2D eigenvalue weighted by Gasteiger charge is 2.15. The second-order valence-corrected chi connectivity index (χ2v) is 7.42. The lowest BCUT2D eigenvalue weighted by atomic mass is 9.98. The van der Waals surface area contributed by atoms with Gasteiger partial charge in [-0.2, -0.15) is 0 Å². The first-order valence-electron chi connectivity index (χ1n) is 8.97. The quantitative estimate of drug-likeness (QED) is 0.761. The lowest BCUT2D eigenvalue weighted by Gasteiger charge is -2.20. The molecule has 5 nitrogen and oxygen atoms in total. The molecule has 1 atom stereocenters. The number of carbonyl (C=O) groups is 1. The van der Waals surface area contributed by atoms with Crippen molar-refractivity contribution in [1.82, 2.24) is 15.6 Å². The predicted octanol–water partition coefficient (Wildman–Crippen LogP) is 4.23. The third kappa shape index (κ3) is 6.15. The summed E-state index contributed by atoms with van der Waals surface area (Å²) in [5, 5.41) is 6.19. The van der Waals surface area contributed by atoms with Crippen molar-refractivity contribution < 1.29 is 9.53 Å². The van der Waals surface area contributed by atoms with Crippen LogP contribution in [0.1, 0.15) is 44.9 Å². The standard InChI is InChI=1S/C21H29N3O2/c1-15-14-22-10-9-19(15)18-8-6-7-17(13-18)16(2)23-11-12-24-20(25)26-21(3,4)5/h6-10,13-14,16,23H,11-12H2,1-5H3,(H,24,25). The Hall–Kier alpha value is -2.40. The van der Waals surface area contributed by atoms with Gasteiger partial charge in [0.05, 0.1) is 0 Å². The number of ether oxygens (including phenoxy) is 1. The van der Waals surface area contributed by atoms with Crippen LogP contribution in [0, 0.1) is 6.92 Å². The molecule has 0 fully saturated rings. The number of amides is 1. The highest BCUT2D eigenvalue weighted by molar-refractivity contribution is 5.68. The van der Waals surface area contributed by atoms with E-state index >= 15 is 0 Å². The number of hydrogen-bond acceptors (Lipinski definition) is 4. The van der Waals surface area contributed by atoms with Crippen LogP contribution in [0.5, 0.6) is 0 Å². The van der Waals surface area contributed by atoms with Crippen LogP contribution >= 0.6 is 0 Å². The summed E-state index contributed by atoms with van der Waals surface area (Å²) in [6, 6.07) is 10.7. The fourth-order valence-corrected chi connectivity index (χ4v) is 2.66. The molecule has 5 heteroatoms. The summed E-state index contributed by atoms with van der Waals surface area (Å²) in [5.41, 5.74) is 4.27. The van der Waals surface area contributed by atoms with E-state index in [1.54, 1.807) is 0 Å². The molecular weight excluding hydrogens is 326 g/mol. The van der Waals surface area contributed by atoms with E-state index in [-0.39, 0.29) is 12.1 Å². The molecule has 0 saturated carbocycles. The Morgan fingerprint density at radius 1 is 1.23 bits per heavy atom. The van der Waals surface area contributed by atoms with E-state index in [4.69, 9.17) is 4.74 Å². The number of carbonyl (C=O) groups excluding carboxylic acids is 1. The third-order valence-electron chi connectivity index (χ3n) is 3.96. The first-order chi connectivity index (χ1) is 12.3. The molecule has 0 radical (unpaired) electrons. The topological polar surface area (TPSA) is 63.2 Å². The van der Waals surface area contributed by atoms with Crippen molar-refractivity contribution in [3.05, 3.63) is 53.9 Å². The molecule has 0 saturated heterocycles. The summed E-state index contributed by atoms with van der Waals surface area (Å²) in [5.74, 6) is 0. The van der Waals surface area contributed by atoms with Gasteiger partial charge in [0.1, 0.15) is 5.60 Å². The first kappa shape index (κ1) is 19.9. The lowest BCUT2D eigenvalue weighted by molar-refractivity contribution is 0.0528. The zero-order chi connectivity index (χ0) is 19.2. The van der Waals surface area contributed by atoms with Crippen molar-refractivity contribution in [3.63, 3.8) is 0 Å². The van der Waals surface area contributed by atoms with Gasteiger partial charge in [0.15, 0.2) is 0 Å². The number of alkyl carbamates (subject to hydrolysis) is 1. The van der Waals surface area contributed by atoms with Gasteiger partial charge in [-0.15, -0.1) is 0 Å². The maximum atomic E-state index is 11.6. The average molecular weight is 355 g/mol. The fraction of sp³-hybridized carbons (Fsp3) is 0.429. The van der Waals surface area contributed by atoms with Gasteiger partial charge in [0, 0.05) is 31.5 Å². The fourth-order valence-electron chi connectivity index (χ4n) is 2.66. The Labute approximate surface area is 156 Å². The number of nitrogens with one attached hydrogen (secondary N) is 2. The summed E-state index contributed by atoms with van der Waals surface area (Å²) in [6.45, 7) is 10.9.